The SMILES string of the molecule is CC1CCCN(Cc2ccc(C(=O)Nc3ccc(C(=O)O)cc3)cc2)C1. The lowest BCUT2D eigenvalue weighted by molar-refractivity contribution is 0.0696. The number of rotatable bonds is 5. The smallest absolute Gasteiger partial charge is 0.335 e. The van der Waals surface area contributed by atoms with Crippen LogP contribution in [0.15, 0.2) is 48.5 Å². The Morgan fingerprint density at radius 1 is 1.08 bits per heavy atom. The van der Waals surface area contributed by atoms with Crippen molar-refractivity contribution in [2.24, 2.45) is 5.92 Å². The predicted molar refractivity (Wildman–Crippen MR) is 101 cm³/mol. The van der Waals surface area contributed by atoms with Crippen molar-refractivity contribution >= 4 is 17.6 Å². The first-order chi connectivity index (χ1) is 12.5. The number of nitrogens with zero attached hydrogens (tertiary/aromatic N) is 1. The van der Waals surface area contributed by atoms with Crippen molar-refractivity contribution in [2.75, 3.05) is 18.4 Å². The van der Waals surface area contributed by atoms with Crippen LogP contribution in [-0.2, 0) is 6.54 Å². The van der Waals surface area contributed by atoms with Gasteiger partial charge in [0.15, 0.2) is 0 Å². The molecule has 1 aliphatic rings. The van der Waals surface area contributed by atoms with E-state index in [2.05, 4.69) is 17.1 Å². The second kappa shape index (κ2) is 8.15. The lowest BCUT2D eigenvalue weighted by Gasteiger charge is -2.30. The number of likely N-dealkylation sites (tertiary alicyclic amines) is 1. The highest BCUT2D eigenvalue weighted by Gasteiger charge is 2.16. The van der Waals surface area contributed by atoms with Gasteiger partial charge in [0.2, 0.25) is 0 Å². The third-order valence-electron chi connectivity index (χ3n) is 4.75. The van der Waals surface area contributed by atoms with Gasteiger partial charge in [0.1, 0.15) is 0 Å². The third-order valence-corrected chi connectivity index (χ3v) is 4.75. The molecular formula is C21H24N2O3. The minimum absolute atomic E-state index is 0.194. The van der Waals surface area contributed by atoms with Crippen LogP contribution in [0, 0.1) is 5.92 Å². The van der Waals surface area contributed by atoms with E-state index >= 15 is 0 Å². The van der Waals surface area contributed by atoms with Crippen molar-refractivity contribution in [1.82, 2.24) is 4.90 Å². The summed E-state index contributed by atoms with van der Waals surface area (Å²) in [6, 6.07) is 13.8. The van der Waals surface area contributed by atoms with Gasteiger partial charge in [-0.2, -0.15) is 0 Å². The quantitative estimate of drug-likeness (QED) is 0.857. The van der Waals surface area contributed by atoms with E-state index < -0.39 is 5.97 Å². The number of hydrogen-bond donors (Lipinski definition) is 2. The molecule has 0 spiro atoms. The van der Waals surface area contributed by atoms with Crippen LogP contribution in [0.5, 0.6) is 0 Å². The number of aromatic carboxylic acids is 1. The molecule has 1 heterocycles. The number of carbonyl (C=O) groups is 2. The van der Waals surface area contributed by atoms with E-state index in [-0.39, 0.29) is 11.5 Å². The van der Waals surface area contributed by atoms with Gasteiger partial charge in [-0.05, 0) is 67.3 Å². The minimum atomic E-state index is -0.985. The fourth-order valence-corrected chi connectivity index (χ4v) is 3.35. The van der Waals surface area contributed by atoms with Crippen molar-refractivity contribution in [3.05, 3.63) is 65.2 Å². The highest BCUT2D eigenvalue weighted by Crippen LogP contribution is 2.18. The van der Waals surface area contributed by atoms with E-state index in [1.165, 1.54) is 30.5 Å². The molecule has 1 amide bonds. The molecule has 0 saturated carbocycles. The number of hydrogen-bond acceptors (Lipinski definition) is 3. The summed E-state index contributed by atoms with van der Waals surface area (Å²) in [4.78, 5) is 25.7. The molecule has 0 aromatic heterocycles. The predicted octanol–water partition coefficient (Wildman–Crippen LogP) is 3.87. The summed E-state index contributed by atoms with van der Waals surface area (Å²) in [5, 5.41) is 11.7. The zero-order valence-electron chi connectivity index (χ0n) is 14.9. The van der Waals surface area contributed by atoms with Gasteiger partial charge in [0.05, 0.1) is 5.56 Å². The molecule has 136 valence electrons. The molecule has 5 heteroatoms. The zero-order chi connectivity index (χ0) is 18.5. The Hall–Kier alpha value is -2.66. The summed E-state index contributed by atoms with van der Waals surface area (Å²) < 4.78 is 0. The molecule has 1 saturated heterocycles. The highest BCUT2D eigenvalue weighted by molar-refractivity contribution is 6.04. The second-order valence-corrected chi connectivity index (χ2v) is 7.02. The molecule has 2 aromatic carbocycles. The van der Waals surface area contributed by atoms with Crippen LogP contribution >= 0.6 is 0 Å². The van der Waals surface area contributed by atoms with E-state index in [9.17, 15) is 9.59 Å². The molecule has 0 bridgehead atoms. The van der Waals surface area contributed by atoms with Gasteiger partial charge < -0.3 is 10.4 Å². The number of carboxylic acid groups (broad SMARTS) is 1. The number of benzene rings is 2. The first kappa shape index (κ1) is 18.1. The molecule has 1 fully saturated rings. The zero-order valence-corrected chi connectivity index (χ0v) is 14.9. The first-order valence-electron chi connectivity index (χ1n) is 8.97. The van der Waals surface area contributed by atoms with Gasteiger partial charge in [0, 0.05) is 24.3 Å². The van der Waals surface area contributed by atoms with Gasteiger partial charge in [-0.15, -0.1) is 0 Å². The van der Waals surface area contributed by atoms with Crippen molar-refractivity contribution < 1.29 is 14.7 Å². The van der Waals surface area contributed by atoms with E-state index in [0.717, 1.165) is 25.6 Å². The van der Waals surface area contributed by atoms with E-state index in [0.29, 0.717) is 11.3 Å². The number of amides is 1. The Kier molecular flexibility index (Phi) is 5.68. The fourth-order valence-electron chi connectivity index (χ4n) is 3.35. The molecule has 1 atom stereocenters. The van der Waals surface area contributed by atoms with Gasteiger partial charge in [-0.1, -0.05) is 19.1 Å². The maximum absolute atomic E-state index is 12.3. The van der Waals surface area contributed by atoms with E-state index in [1.54, 1.807) is 12.1 Å². The summed E-state index contributed by atoms with van der Waals surface area (Å²) in [6.45, 7) is 5.49. The van der Waals surface area contributed by atoms with Crippen LogP contribution < -0.4 is 5.32 Å². The normalized spacial score (nSPS) is 17.7. The topological polar surface area (TPSA) is 69.6 Å². The summed E-state index contributed by atoms with van der Waals surface area (Å²) in [5.74, 6) is -0.436. The van der Waals surface area contributed by atoms with Crippen LogP contribution in [-0.4, -0.2) is 35.0 Å². The van der Waals surface area contributed by atoms with Crippen molar-refractivity contribution in [3.8, 4) is 0 Å². The maximum Gasteiger partial charge on any atom is 0.335 e. The van der Waals surface area contributed by atoms with Crippen LogP contribution in [0.3, 0.4) is 0 Å². The molecule has 0 radical (unpaired) electrons. The molecular weight excluding hydrogens is 328 g/mol. The number of nitrogens with one attached hydrogen (secondary N) is 1. The number of carboxylic acids is 1. The van der Waals surface area contributed by atoms with Crippen LogP contribution in [0.4, 0.5) is 5.69 Å². The molecule has 1 unspecified atom stereocenters. The number of carbonyl (C=O) groups excluding carboxylic acids is 1. The van der Waals surface area contributed by atoms with E-state index in [1.807, 2.05) is 24.3 Å². The molecule has 1 aliphatic heterocycles. The Bertz CT molecular complexity index is 769. The third kappa shape index (κ3) is 4.70. The van der Waals surface area contributed by atoms with Crippen molar-refractivity contribution in [3.63, 3.8) is 0 Å². The van der Waals surface area contributed by atoms with Crippen molar-refractivity contribution in [1.29, 1.82) is 0 Å². The summed E-state index contributed by atoms with van der Waals surface area (Å²) >= 11 is 0. The first-order valence-corrected chi connectivity index (χ1v) is 8.97. The van der Waals surface area contributed by atoms with Crippen LogP contribution in [0.25, 0.3) is 0 Å². The average molecular weight is 352 g/mol. The molecule has 2 N–H and O–H groups in total. The van der Waals surface area contributed by atoms with Crippen LogP contribution in [0.2, 0.25) is 0 Å². The summed E-state index contributed by atoms with van der Waals surface area (Å²) in [5.41, 5.74) is 2.57. The highest BCUT2D eigenvalue weighted by atomic mass is 16.4. The van der Waals surface area contributed by atoms with Gasteiger partial charge in [-0.3, -0.25) is 9.69 Å². The Morgan fingerprint density at radius 2 is 1.73 bits per heavy atom. The standard InChI is InChI=1S/C21H24N2O3/c1-15-3-2-12-23(13-15)14-16-4-6-17(7-5-16)20(24)22-19-10-8-18(9-11-19)21(25)26/h4-11,15H,2-3,12-14H2,1H3,(H,22,24)(H,25,26). The van der Waals surface area contributed by atoms with Gasteiger partial charge in [0.25, 0.3) is 5.91 Å². The minimum Gasteiger partial charge on any atom is -0.478 e. The lowest BCUT2D eigenvalue weighted by atomic mass is 9.99. The lowest BCUT2D eigenvalue weighted by Crippen LogP contribution is -2.33. The average Bonchev–Trinajstić information content (AvgIpc) is 2.63. The molecule has 0 aliphatic carbocycles. The van der Waals surface area contributed by atoms with Gasteiger partial charge in [-0.25, -0.2) is 4.79 Å². The summed E-state index contributed by atoms with van der Waals surface area (Å²) in [7, 11) is 0. The maximum atomic E-state index is 12.3. The number of piperidine rings is 1. The monoisotopic (exact) mass is 352 g/mol. The van der Waals surface area contributed by atoms with Crippen molar-refractivity contribution in [2.45, 2.75) is 26.3 Å². The Labute approximate surface area is 153 Å². The molecule has 26 heavy (non-hydrogen) atoms. The molecule has 3 rings (SSSR count). The summed E-state index contributed by atoms with van der Waals surface area (Å²) in [6.07, 6.45) is 2.56. The largest absolute Gasteiger partial charge is 0.478 e. The molecule has 2 aromatic rings. The second-order valence-electron chi connectivity index (χ2n) is 7.02. The Morgan fingerprint density at radius 3 is 2.35 bits per heavy atom. The molecule has 5 nitrogen and oxygen atoms in total. The van der Waals surface area contributed by atoms with Crippen LogP contribution in [0.1, 0.15) is 46.0 Å². The van der Waals surface area contributed by atoms with E-state index in [4.69, 9.17) is 5.11 Å². The fraction of sp³-hybridized carbons (Fsp3) is 0.333. The Balaban J connectivity index is 1.58. The van der Waals surface area contributed by atoms with Gasteiger partial charge >= 0.3 is 5.97 Å². The number of anilines is 1.